The highest BCUT2D eigenvalue weighted by atomic mass is 16.3. The maximum atomic E-state index is 10.7. The van der Waals surface area contributed by atoms with Gasteiger partial charge in [0, 0.05) is 6.42 Å². The molecule has 4 aromatic carbocycles. The van der Waals surface area contributed by atoms with Crippen molar-refractivity contribution in [1.29, 1.82) is 0 Å². The molecule has 0 amide bonds. The number of phenolic OH excluding ortho intramolecular Hbond substituents is 2. The first kappa shape index (κ1) is 38.3. The number of phenols is 2. The van der Waals surface area contributed by atoms with E-state index in [1.165, 1.54) is 99.3 Å². The summed E-state index contributed by atoms with van der Waals surface area (Å²) in [6.45, 7) is 9.52. The molecule has 0 saturated heterocycles. The number of hydrogen-bond donors (Lipinski definition) is 2. The molecule has 0 aromatic heterocycles. The Morgan fingerprint density at radius 1 is 0.429 bits per heavy atom. The van der Waals surface area contributed by atoms with E-state index in [1.807, 2.05) is 12.1 Å². The maximum absolute atomic E-state index is 10.7. The van der Waals surface area contributed by atoms with Crippen molar-refractivity contribution >= 4 is 0 Å². The molecule has 264 valence electrons. The molecule has 4 rings (SSSR count). The van der Waals surface area contributed by atoms with Gasteiger partial charge in [0.25, 0.3) is 0 Å². The van der Waals surface area contributed by atoms with Gasteiger partial charge in [-0.05, 0) is 94.9 Å². The van der Waals surface area contributed by atoms with Crippen LogP contribution in [-0.2, 0) is 19.3 Å². The molecule has 4 aromatic rings. The lowest BCUT2D eigenvalue weighted by atomic mass is 9.85. The van der Waals surface area contributed by atoms with Crippen molar-refractivity contribution in [3.8, 4) is 11.5 Å². The molecule has 4 unspecified atom stereocenters. The summed E-state index contributed by atoms with van der Waals surface area (Å²) in [6, 6.07) is 33.9. The predicted octanol–water partition coefficient (Wildman–Crippen LogP) is 13.3. The fraction of sp³-hybridized carbons (Fsp3) is 0.489. The van der Waals surface area contributed by atoms with Crippen LogP contribution in [0, 0.1) is 11.8 Å². The molecule has 0 spiro atoms. The molecule has 0 aliphatic carbocycles. The van der Waals surface area contributed by atoms with Crippen molar-refractivity contribution in [3.05, 3.63) is 130 Å². The summed E-state index contributed by atoms with van der Waals surface area (Å²) < 4.78 is 0. The molecule has 0 aliphatic rings. The largest absolute Gasteiger partial charge is 0.508 e. The Hall–Kier alpha value is -3.52. The number of rotatable bonds is 22. The van der Waals surface area contributed by atoms with Crippen LogP contribution in [0.5, 0.6) is 11.5 Å². The van der Waals surface area contributed by atoms with Gasteiger partial charge < -0.3 is 10.2 Å². The Bertz CT molecular complexity index is 1360. The predicted molar refractivity (Wildman–Crippen MR) is 210 cm³/mol. The zero-order chi connectivity index (χ0) is 34.8. The molecule has 2 N–H and O–H groups in total. The first-order chi connectivity index (χ1) is 23.8. The fourth-order valence-electron chi connectivity index (χ4n) is 7.40. The highest BCUT2D eigenvalue weighted by Gasteiger charge is 2.15. The summed E-state index contributed by atoms with van der Waals surface area (Å²) >= 11 is 0. The van der Waals surface area contributed by atoms with Gasteiger partial charge in [0.05, 0.1) is 0 Å². The second kappa shape index (κ2) is 20.9. The van der Waals surface area contributed by atoms with E-state index in [2.05, 4.69) is 113 Å². The fourth-order valence-corrected chi connectivity index (χ4v) is 7.40. The third kappa shape index (κ3) is 13.0. The average molecular weight is 661 g/mol. The number of aryl methyl sites for hydroxylation is 2. The van der Waals surface area contributed by atoms with E-state index in [1.54, 1.807) is 0 Å². The minimum Gasteiger partial charge on any atom is -0.508 e. The van der Waals surface area contributed by atoms with Crippen LogP contribution in [0.3, 0.4) is 0 Å². The molecule has 2 nitrogen and oxygen atoms in total. The van der Waals surface area contributed by atoms with E-state index < -0.39 is 0 Å². The van der Waals surface area contributed by atoms with Gasteiger partial charge in [0.2, 0.25) is 0 Å². The topological polar surface area (TPSA) is 40.5 Å². The van der Waals surface area contributed by atoms with Crippen molar-refractivity contribution in [2.24, 2.45) is 11.8 Å². The average Bonchev–Trinajstić information content (AvgIpc) is 3.13. The van der Waals surface area contributed by atoms with E-state index >= 15 is 0 Å². The zero-order valence-corrected chi connectivity index (χ0v) is 31.0. The standard InChI is InChI=1S/C47H64O2/c1-36(38(3)42-25-17-11-18-26-42)21-13-7-5-9-15-23-40-29-31-46(48)44(33-40)35-45-34-41(30-32-47(45)49)24-16-10-6-8-14-22-37(2)39(4)43-27-19-12-20-28-43/h11-12,17-20,25-34,36-39,48-49H,5-10,13-16,21-24,35H2,1-4H3. The van der Waals surface area contributed by atoms with Crippen LogP contribution in [0.15, 0.2) is 97.1 Å². The smallest absolute Gasteiger partial charge is 0.119 e. The molecular weight excluding hydrogens is 597 g/mol. The van der Waals surface area contributed by atoms with Gasteiger partial charge in [-0.3, -0.25) is 0 Å². The molecule has 0 radical (unpaired) electrons. The molecule has 2 heteroatoms. The summed E-state index contributed by atoms with van der Waals surface area (Å²) in [7, 11) is 0. The second-order valence-corrected chi connectivity index (χ2v) is 15.1. The van der Waals surface area contributed by atoms with Crippen LogP contribution in [-0.4, -0.2) is 10.2 Å². The van der Waals surface area contributed by atoms with E-state index in [0.717, 1.165) is 24.0 Å². The van der Waals surface area contributed by atoms with E-state index in [-0.39, 0.29) is 0 Å². The molecule has 0 bridgehead atoms. The van der Waals surface area contributed by atoms with Crippen molar-refractivity contribution in [2.45, 2.75) is 136 Å². The van der Waals surface area contributed by atoms with Crippen molar-refractivity contribution in [1.82, 2.24) is 0 Å². The Labute approximate surface area is 299 Å². The SMILES string of the molecule is CC(CCCCCCCc1ccc(O)c(Cc2cc(CCCCCCCC(C)C(C)c3ccccc3)ccc2O)c1)C(C)c1ccccc1. The van der Waals surface area contributed by atoms with Crippen molar-refractivity contribution < 1.29 is 10.2 Å². The van der Waals surface area contributed by atoms with Gasteiger partial charge in [-0.25, -0.2) is 0 Å². The summed E-state index contributed by atoms with van der Waals surface area (Å²) in [5.74, 6) is 3.29. The third-order valence-corrected chi connectivity index (χ3v) is 11.3. The summed E-state index contributed by atoms with van der Waals surface area (Å²) in [5.41, 5.74) is 7.27. The number of hydrogen-bond acceptors (Lipinski definition) is 2. The lowest BCUT2D eigenvalue weighted by molar-refractivity contribution is 0.426. The Kier molecular flexibility index (Phi) is 16.3. The highest BCUT2D eigenvalue weighted by molar-refractivity contribution is 5.44. The van der Waals surface area contributed by atoms with Gasteiger partial charge in [0.15, 0.2) is 0 Å². The minimum absolute atomic E-state index is 0.319. The maximum Gasteiger partial charge on any atom is 0.119 e. The van der Waals surface area contributed by atoms with Gasteiger partial charge in [-0.15, -0.1) is 0 Å². The van der Waals surface area contributed by atoms with Crippen molar-refractivity contribution in [3.63, 3.8) is 0 Å². The Morgan fingerprint density at radius 2 is 0.796 bits per heavy atom. The Balaban J connectivity index is 1.12. The molecule has 0 fully saturated rings. The molecule has 49 heavy (non-hydrogen) atoms. The molecular formula is C47H64O2. The Morgan fingerprint density at radius 3 is 1.20 bits per heavy atom. The number of aromatic hydroxyl groups is 2. The van der Waals surface area contributed by atoms with Crippen LogP contribution in [0.1, 0.15) is 150 Å². The highest BCUT2D eigenvalue weighted by Crippen LogP contribution is 2.31. The van der Waals surface area contributed by atoms with Crippen LogP contribution < -0.4 is 0 Å². The normalized spacial score (nSPS) is 14.0. The van der Waals surface area contributed by atoms with Gasteiger partial charge >= 0.3 is 0 Å². The number of unbranched alkanes of at least 4 members (excludes halogenated alkanes) is 8. The van der Waals surface area contributed by atoms with E-state index in [9.17, 15) is 10.2 Å². The third-order valence-electron chi connectivity index (χ3n) is 11.3. The first-order valence-electron chi connectivity index (χ1n) is 19.5. The van der Waals surface area contributed by atoms with Gasteiger partial charge in [0.1, 0.15) is 11.5 Å². The van der Waals surface area contributed by atoms with Crippen LogP contribution in [0.2, 0.25) is 0 Å². The van der Waals surface area contributed by atoms with E-state index in [0.29, 0.717) is 41.6 Å². The molecule has 4 atom stereocenters. The second-order valence-electron chi connectivity index (χ2n) is 15.1. The number of benzene rings is 4. The monoisotopic (exact) mass is 660 g/mol. The minimum atomic E-state index is 0.319. The zero-order valence-electron chi connectivity index (χ0n) is 31.0. The van der Waals surface area contributed by atoms with Crippen LogP contribution in [0.25, 0.3) is 0 Å². The van der Waals surface area contributed by atoms with Crippen LogP contribution in [0.4, 0.5) is 0 Å². The summed E-state index contributed by atoms with van der Waals surface area (Å²) in [5, 5.41) is 21.3. The van der Waals surface area contributed by atoms with Crippen molar-refractivity contribution in [2.75, 3.05) is 0 Å². The summed E-state index contributed by atoms with van der Waals surface area (Å²) in [6.07, 6.45) is 17.8. The first-order valence-corrected chi connectivity index (χ1v) is 19.5. The lowest BCUT2D eigenvalue weighted by Gasteiger charge is -2.20. The van der Waals surface area contributed by atoms with Crippen LogP contribution >= 0.6 is 0 Å². The molecule has 0 saturated carbocycles. The van der Waals surface area contributed by atoms with Gasteiger partial charge in [-0.1, -0.05) is 177 Å². The summed E-state index contributed by atoms with van der Waals surface area (Å²) in [4.78, 5) is 0. The van der Waals surface area contributed by atoms with Gasteiger partial charge in [-0.2, -0.15) is 0 Å². The quantitative estimate of drug-likeness (QED) is 0.0824. The lowest BCUT2D eigenvalue weighted by Crippen LogP contribution is -2.06. The molecule has 0 aliphatic heterocycles. The molecule has 0 heterocycles. The van der Waals surface area contributed by atoms with E-state index in [4.69, 9.17) is 0 Å².